The van der Waals surface area contributed by atoms with E-state index in [9.17, 15) is 0 Å². The van der Waals surface area contributed by atoms with Crippen LogP contribution < -0.4 is 5.73 Å². The maximum Gasteiger partial charge on any atom is 0.181 e. The summed E-state index contributed by atoms with van der Waals surface area (Å²) in [5, 5.41) is 5.18. The van der Waals surface area contributed by atoms with Crippen LogP contribution in [0.5, 0.6) is 0 Å². The molecule has 3 rings (SSSR count). The molecule has 0 amide bonds. The molecular weight excluding hydrogens is 272 g/mol. The van der Waals surface area contributed by atoms with E-state index in [0.717, 1.165) is 21.8 Å². The largest absolute Gasteiger partial charge is 0.399 e. The number of hydrogen-bond donors (Lipinski definition) is 1. The second kappa shape index (κ2) is 5.35. The molecule has 0 bridgehead atoms. The Labute approximate surface area is 121 Å². The van der Waals surface area contributed by atoms with Crippen LogP contribution in [0.2, 0.25) is 5.02 Å². The molecule has 0 radical (unpaired) electrons. The van der Waals surface area contributed by atoms with E-state index in [1.54, 1.807) is 11.0 Å². The fourth-order valence-corrected chi connectivity index (χ4v) is 2.17. The van der Waals surface area contributed by atoms with Gasteiger partial charge in [-0.25, -0.2) is 9.67 Å². The molecule has 0 fully saturated rings. The van der Waals surface area contributed by atoms with Crippen molar-refractivity contribution < 1.29 is 0 Å². The van der Waals surface area contributed by atoms with Gasteiger partial charge in [0.2, 0.25) is 0 Å². The summed E-state index contributed by atoms with van der Waals surface area (Å²) in [6, 6.07) is 15.2. The van der Waals surface area contributed by atoms with Crippen LogP contribution in [0.3, 0.4) is 0 Å². The number of benzene rings is 2. The number of hydrogen-bond acceptors (Lipinski definition) is 3. The summed E-state index contributed by atoms with van der Waals surface area (Å²) in [6.45, 7) is 0.641. The van der Waals surface area contributed by atoms with Crippen molar-refractivity contribution in [3.05, 3.63) is 65.4 Å². The van der Waals surface area contributed by atoms with Crippen LogP contribution in [0.4, 0.5) is 5.69 Å². The Morgan fingerprint density at radius 2 is 1.90 bits per heavy atom. The highest BCUT2D eigenvalue weighted by atomic mass is 35.5. The van der Waals surface area contributed by atoms with Crippen molar-refractivity contribution in [3.8, 4) is 11.4 Å². The van der Waals surface area contributed by atoms with Gasteiger partial charge in [0.1, 0.15) is 6.33 Å². The first-order chi connectivity index (χ1) is 9.70. The Morgan fingerprint density at radius 1 is 1.10 bits per heavy atom. The van der Waals surface area contributed by atoms with Crippen LogP contribution in [0.1, 0.15) is 5.56 Å². The molecule has 0 spiro atoms. The Kier molecular flexibility index (Phi) is 3.39. The maximum absolute atomic E-state index is 5.97. The van der Waals surface area contributed by atoms with Gasteiger partial charge in [-0.3, -0.25) is 0 Å². The topological polar surface area (TPSA) is 56.7 Å². The average Bonchev–Trinajstić information content (AvgIpc) is 2.88. The third kappa shape index (κ3) is 2.81. The van der Waals surface area contributed by atoms with Gasteiger partial charge in [0, 0.05) is 16.3 Å². The molecule has 0 aliphatic carbocycles. The van der Waals surface area contributed by atoms with Gasteiger partial charge in [0.05, 0.1) is 6.54 Å². The lowest BCUT2D eigenvalue weighted by Gasteiger charge is -2.01. The van der Waals surface area contributed by atoms with E-state index in [4.69, 9.17) is 17.3 Å². The normalized spacial score (nSPS) is 10.7. The maximum atomic E-state index is 5.97. The smallest absolute Gasteiger partial charge is 0.181 e. The first-order valence-corrected chi connectivity index (χ1v) is 6.58. The van der Waals surface area contributed by atoms with E-state index in [0.29, 0.717) is 12.4 Å². The molecule has 3 aromatic rings. The summed E-state index contributed by atoms with van der Waals surface area (Å²) in [4.78, 5) is 4.31. The number of aromatic nitrogens is 3. The van der Waals surface area contributed by atoms with Gasteiger partial charge in [0.25, 0.3) is 0 Å². The van der Waals surface area contributed by atoms with Crippen LogP contribution in [0.15, 0.2) is 54.9 Å². The molecule has 2 N–H and O–H groups in total. The summed E-state index contributed by atoms with van der Waals surface area (Å²) in [6.07, 6.45) is 1.71. The van der Waals surface area contributed by atoms with Crippen LogP contribution in [-0.4, -0.2) is 14.8 Å². The molecule has 1 heterocycles. The van der Waals surface area contributed by atoms with Crippen molar-refractivity contribution in [2.24, 2.45) is 0 Å². The van der Waals surface area contributed by atoms with Crippen LogP contribution in [-0.2, 0) is 6.54 Å². The van der Waals surface area contributed by atoms with E-state index in [-0.39, 0.29) is 0 Å². The highest BCUT2D eigenvalue weighted by Gasteiger charge is 2.04. The second-order valence-corrected chi connectivity index (χ2v) is 4.95. The Hall–Kier alpha value is -2.33. The minimum atomic E-state index is 0.641. The lowest BCUT2D eigenvalue weighted by atomic mass is 10.2. The van der Waals surface area contributed by atoms with Crippen molar-refractivity contribution in [1.29, 1.82) is 0 Å². The first kappa shape index (κ1) is 12.7. The SMILES string of the molecule is Nc1ccc(-c2ncn(Cc3cccc(Cl)c3)n2)cc1. The van der Waals surface area contributed by atoms with Crippen molar-refractivity contribution >= 4 is 17.3 Å². The van der Waals surface area contributed by atoms with Gasteiger partial charge in [-0.2, -0.15) is 5.10 Å². The molecule has 2 aromatic carbocycles. The summed E-state index contributed by atoms with van der Waals surface area (Å²) in [5.41, 5.74) is 8.43. The summed E-state index contributed by atoms with van der Waals surface area (Å²) < 4.78 is 1.79. The van der Waals surface area contributed by atoms with Crippen molar-refractivity contribution in [1.82, 2.24) is 14.8 Å². The van der Waals surface area contributed by atoms with Gasteiger partial charge in [0.15, 0.2) is 5.82 Å². The van der Waals surface area contributed by atoms with Crippen LogP contribution in [0.25, 0.3) is 11.4 Å². The zero-order chi connectivity index (χ0) is 13.9. The molecular formula is C15H13ClN4. The van der Waals surface area contributed by atoms with E-state index >= 15 is 0 Å². The minimum absolute atomic E-state index is 0.641. The molecule has 5 heteroatoms. The Balaban J connectivity index is 1.82. The average molecular weight is 285 g/mol. The molecule has 0 aliphatic rings. The zero-order valence-corrected chi connectivity index (χ0v) is 11.5. The van der Waals surface area contributed by atoms with Crippen molar-refractivity contribution in [2.45, 2.75) is 6.54 Å². The summed E-state index contributed by atoms with van der Waals surface area (Å²) in [5.74, 6) is 0.687. The Bertz CT molecular complexity index is 719. The quantitative estimate of drug-likeness (QED) is 0.751. The first-order valence-electron chi connectivity index (χ1n) is 6.20. The molecule has 0 saturated heterocycles. The molecule has 4 nitrogen and oxygen atoms in total. The minimum Gasteiger partial charge on any atom is -0.399 e. The number of nitrogen functional groups attached to an aromatic ring is 1. The lowest BCUT2D eigenvalue weighted by Crippen LogP contribution is -2.00. The number of rotatable bonds is 3. The molecule has 0 unspecified atom stereocenters. The number of nitrogens with two attached hydrogens (primary N) is 1. The Morgan fingerprint density at radius 3 is 2.65 bits per heavy atom. The van der Waals surface area contributed by atoms with E-state index in [1.165, 1.54) is 0 Å². The third-order valence-corrected chi connectivity index (χ3v) is 3.17. The summed E-state index contributed by atoms with van der Waals surface area (Å²) >= 11 is 5.97. The second-order valence-electron chi connectivity index (χ2n) is 4.52. The molecule has 0 aliphatic heterocycles. The van der Waals surface area contributed by atoms with Gasteiger partial charge in [-0.15, -0.1) is 0 Å². The van der Waals surface area contributed by atoms with Crippen molar-refractivity contribution in [3.63, 3.8) is 0 Å². The van der Waals surface area contributed by atoms with Gasteiger partial charge in [-0.1, -0.05) is 23.7 Å². The monoisotopic (exact) mass is 284 g/mol. The summed E-state index contributed by atoms with van der Waals surface area (Å²) in [7, 11) is 0. The predicted molar refractivity (Wildman–Crippen MR) is 80.4 cm³/mol. The van der Waals surface area contributed by atoms with Gasteiger partial charge in [-0.05, 0) is 42.0 Å². The highest BCUT2D eigenvalue weighted by molar-refractivity contribution is 6.30. The molecule has 0 atom stereocenters. The highest BCUT2D eigenvalue weighted by Crippen LogP contribution is 2.17. The van der Waals surface area contributed by atoms with E-state index in [1.807, 2.05) is 48.5 Å². The zero-order valence-electron chi connectivity index (χ0n) is 10.7. The lowest BCUT2D eigenvalue weighted by molar-refractivity contribution is 0.687. The molecule has 1 aromatic heterocycles. The molecule has 20 heavy (non-hydrogen) atoms. The van der Waals surface area contributed by atoms with Gasteiger partial charge >= 0.3 is 0 Å². The van der Waals surface area contributed by atoms with E-state index in [2.05, 4.69) is 10.1 Å². The van der Waals surface area contributed by atoms with E-state index < -0.39 is 0 Å². The molecule has 0 saturated carbocycles. The number of nitrogens with zero attached hydrogens (tertiary/aromatic N) is 3. The number of halogens is 1. The van der Waals surface area contributed by atoms with Crippen LogP contribution >= 0.6 is 11.6 Å². The predicted octanol–water partition coefficient (Wildman–Crippen LogP) is 3.23. The molecule has 100 valence electrons. The third-order valence-electron chi connectivity index (χ3n) is 2.94. The van der Waals surface area contributed by atoms with Gasteiger partial charge < -0.3 is 5.73 Å². The van der Waals surface area contributed by atoms with Crippen LogP contribution in [0, 0.1) is 0 Å². The standard InChI is InChI=1S/C15H13ClN4/c16-13-3-1-2-11(8-13)9-20-10-18-15(19-20)12-4-6-14(17)7-5-12/h1-8,10H,9,17H2. The fourth-order valence-electron chi connectivity index (χ4n) is 1.96. The van der Waals surface area contributed by atoms with Crippen molar-refractivity contribution in [2.75, 3.05) is 5.73 Å². The number of anilines is 1. The fraction of sp³-hybridized carbons (Fsp3) is 0.0667.